The van der Waals surface area contributed by atoms with E-state index < -0.39 is 6.10 Å². The quantitative estimate of drug-likeness (QED) is 0.598. The van der Waals surface area contributed by atoms with Gasteiger partial charge < -0.3 is 10.0 Å². The van der Waals surface area contributed by atoms with Crippen molar-refractivity contribution in [1.29, 1.82) is 0 Å². The molecule has 1 saturated heterocycles. The molecule has 2 aliphatic rings. The monoisotopic (exact) mass is 391 g/mol. The normalized spacial score (nSPS) is 24.0. The molecule has 0 aromatic heterocycles. The van der Waals surface area contributed by atoms with E-state index >= 15 is 0 Å². The van der Waals surface area contributed by atoms with Crippen LogP contribution in [0.1, 0.15) is 58.9 Å². The number of aliphatic imine (C=N–C) groups is 1. The largest absolute Gasteiger partial charge is 0.391 e. The highest BCUT2D eigenvalue weighted by molar-refractivity contribution is 8.14. The summed E-state index contributed by atoms with van der Waals surface area (Å²) in [4.78, 5) is 18.1. The van der Waals surface area contributed by atoms with Crippen molar-refractivity contribution < 1.29 is 10.0 Å². The van der Waals surface area contributed by atoms with E-state index in [0.717, 1.165) is 35.0 Å². The maximum atomic E-state index is 11.2. The fourth-order valence-corrected chi connectivity index (χ4v) is 5.32. The molecule has 1 aliphatic carbocycles. The van der Waals surface area contributed by atoms with Gasteiger partial charge >= 0.3 is 0 Å². The molecule has 2 fully saturated rings. The van der Waals surface area contributed by atoms with Crippen LogP contribution in [0.2, 0.25) is 0 Å². The lowest BCUT2D eigenvalue weighted by atomic mass is 9.85. The Morgan fingerprint density at radius 2 is 2.00 bits per heavy atom. The molecule has 3 rings (SSSR count). The molecular weight excluding hydrogens is 362 g/mol. The van der Waals surface area contributed by atoms with E-state index in [0.29, 0.717) is 6.04 Å². The first-order chi connectivity index (χ1) is 12.7. The molecular formula is C20H29N3O3S. The summed E-state index contributed by atoms with van der Waals surface area (Å²) < 4.78 is 0. The molecule has 1 heterocycles. The van der Waals surface area contributed by atoms with Crippen molar-refractivity contribution in [2.45, 2.75) is 77.0 Å². The first-order valence-electron chi connectivity index (χ1n) is 9.65. The summed E-state index contributed by atoms with van der Waals surface area (Å²) in [5, 5.41) is 22.4. The van der Waals surface area contributed by atoms with E-state index in [2.05, 4.69) is 4.90 Å². The number of rotatable bonds is 4. The van der Waals surface area contributed by atoms with Crippen LogP contribution >= 0.6 is 11.8 Å². The van der Waals surface area contributed by atoms with Crippen molar-refractivity contribution in [3.8, 4) is 0 Å². The first kappa shape index (κ1) is 20.1. The summed E-state index contributed by atoms with van der Waals surface area (Å²) in [6, 6.07) is 5.43. The first-order valence-corrected chi connectivity index (χ1v) is 10.6. The van der Waals surface area contributed by atoms with Crippen molar-refractivity contribution in [3.05, 3.63) is 33.9 Å². The molecule has 1 N–H and O–H groups in total. The van der Waals surface area contributed by atoms with Gasteiger partial charge in [-0.3, -0.25) is 10.1 Å². The predicted molar refractivity (Wildman–Crippen MR) is 111 cm³/mol. The maximum absolute atomic E-state index is 11.2. The van der Waals surface area contributed by atoms with Crippen LogP contribution in [-0.2, 0) is 5.41 Å². The van der Waals surface area contributed by atoms with E-state index in [1.807, 2.05) is 27.7 Å². The van der Waals surface area contributed by atoms with E-state index in [9.17, 15) is 15.2 Å². The van der Waals surface area contributed by atoms with Crippen LogP contribution in [0.4, 0.5) is 11.4 Å². The second-order valence-corrected chi connectivity index (χ2v) is 9.55. The van der Waals surface area contributed by atoms with Gasteiger partial charge in [-0.2, -0.15) is 0 Å². The molecule has 0 bridgehead atoms. The molecule has 7 heteroatoms. The number of aliphatic hydroxyl groups is 1. The Bertz CT molecular complexity index is 736. The molecule has 1 aromatic rings. The third-order valence-electron chi connectivity index (χ3n) is 5.45. The highest BCUT2D eigenvalue weighted by Crippen LogP contribution is 2.39. The third kappa shape index (κ3) is 4.29. The molecule has 6 nitrogen and oxygen atoms in total. The minimum Gasteiger partial charge on any atom is -0.391 e. The molecule has 27 heavy (non-hydrogen) atoms. The Morgan fingerprint density at radius 3 is 2.56 bits per heavy atom. The van der Waals surface area contributed by atoms with Gasteiger partial charge in [0.2, 0.25) is 0 Å². The topological polar surface area (TPSA) is 79.0 Å². The number of aliphatic hydroxyl groups excluding tert-OH is 1. The van der Waals surface area contributed by atoms with Crippen LogP contribution in [0.25, 0.3) is 0 Å². The molecule has 1 saturated carbocycles. The lowest BCUT2D eigenvalue weighted by molar-refractivity contribution is -0.384. The second kappa shape index (κ2) is 7.80. The summed E-state index contributed by atoms with van der Waals surface area (Å²) in [6.45, 7) is 7.99. The number of nitrogens with zero attached hydrogens (tertiary/aromatic N) is 3. The van der Waals surface area contributed by atoms with Gasteiger partial charge in [-0.25, -0.2) is 4.99 Å². The van der Waals surface area contributed by atoms with Gasteiger partial charge in [0, 0.05) is 23.9 Å². The smallest absolute Gasteiger partial charge is 0.269 e. The van der Waals surface area contributed by atoms with Crippen molar-refractivity contribution in [2.75, 3.05) is 5.75 Å². The maximum Gasteiger partial charge on any atom is 0.269 e. The summed E-state index contributed by atoms with van der Waals surface area (Å²) >= 11 is 1.68. The average Bonchev–Trinajstić information content (AvgIpc) is 3.22. The van der Waals surface area contributed by atoms with Crippen molar-refractivity contribution in [1.82, 2.24) is 4.90 Å². The minimum atomic E-state index is -0.412. The standard InChI is InChI=1S/C20H29N3O3S/c1-13(24)18-12-27-19(22(18)14-7-5-6-8-14)21-17-10-9-15(23(25)26)11-16(17)20(2,3)4/h9-11,13-14,18,24H,5-8,12H2,1-4H3/t13-,18-/m1/s1. The Labute approximate surface area is 165 Å². The van der Waals surface area contributed by atoms with Crippen molar-refractivity contribution >= 4 is 28.3 Å². The van der Waals surface area contributed by atoms with E-state index in [4.69, 9.17) is 4.99 Å². The Morgan fingerprint density at radius 1 is 1.33 bits per heavy atom. The number of amidine groups is 1. The number of hydrogen-bond donors (Lipinski definition) is 1. The van der Waals surface area contributed by atoms with Gasteiger partial charge in [-0.05, 0) is 36.8 Å². The van der Waals surface area contributed by atoms with Crippen LogP contribution in [0.3, 0.4) is 0 Å². The van der Waals surface area contributed by atoms with Gasteiger partial charge in [0.15, 0.2) is 5.17 Å². The molecule has 148 valence electrons. The zero-order valence-electron chi connectivity index (χ0n) is 16.5. The summed E-state index contributed by atoms with van der Waals surface area (Å²) in [6.07, 6.45) is 4.29. The van der Waals surface area contributed by atoms with Gasteiger partial charge in [-0.1, -0.05) is 45.4 Å². The summed E-state index contributed by atoms with van der Waals surface area (Å²) in [5.74, 6) is 0.824. The Hall–Kier alpha value is -1.60. The van der Waals surface area contributed by atoms with Crippen molar-refractivity contribution in [3.63, 3.8) is 0 Å². The zero-order valence-corrected chi connectivity index (χ0v) is 17.3. The van der Waals surface area contributed by atoms with Gasteiger partial charge in [-0.15, -0.1) is 0 Å². The Kier molecular flexibility index (Phi) is 5.82. The lowest BCUT2D eigenvalue weighted by Gasteiger charge is -2.33. The molecule has 1 aliphatic heterocycles. The fraction of sp³-hybridized carbons (Fsp3) is 0.650. The highest BCUT2D eigenvalue weighted by atomic mass is 32.2. The number of hydrogen-bond acceptors (Lipinski definition) is 5. The molecule has 0 unspecified atom stereocenters. The SMILES string of the molecule is C[C@@H](O)[C@H]1CSC(=Nc2ccc([N+](=O)[O-])cc2C(C)(C)C)N1C1CCCC1. The molecule has 1 aromatic carbocycles. The molecule has 0 radical (unpaired) electrons. The molecule has 2 atom stereocenters. The van der Waals surface area contributed by atoms with E-state index in [1.165, 1.54) is 18.9 Å². The number of benzene rings is 1. The molecule has 0 spiro atoms. The number of thioether (sulfide) groups is 1. The van der Waals surface area contributed by atoms with Crippen LogP contribution in [0, 0.1) is 10.1 Å². The van der Waals surface area contributed by atoms with Crippen LogP contribution in [0.5, 0.6) is 0 Å². The van der Waals surface area contributed by atoms with E-state index in [-0.39, 0.29) is 22.1 Å². The van der Waals surface area contributed by atoms with Gasteiger partial charge in [0.25, 0.3) is 5.69 Å². The summed E-state index contributed by atoms with van der Waals surface area (Å²) in [7, 11) is 0. The number of non-ortho nitro benzene ring substituents is 1. The minimum absolute atomic E-state index is 0.0768. The van der Waals surface area contributed by atoms with Gasteiger partial charge in [0.05, 0.1) is 22.8 Å². The van der Waals surface area contributed by atoms with Crippen LogP contribution in [0.15, 0.2) is 23.2 Å². The Balaban J connectivity index is 2.02. The summed E-state index contributed by atoms with van der Waals surface area (Å²) in [5.41, 5.74) is 1.50. The average molecular weight is 392 g/mol. The second-order valence-electron chi connectivity index (χ2n) is 8.57. The zero-order chi connectivity index (χ0) is 19.8. The lowest BCUT2D eigenvalue weighted by Crippen LogP contribution is -2.46. The highest BCUT2D eigenvalue weighted by Gasteiger charge is 2.39. The van der Waals surface area contributed by atoms with Gasteiger partial charge in [0.1, 0.15) is 0 Å². The van der Waals surface area contributed by atoms with Crippen molar-refractivity contribution in [2.24, 2.45) is 4.99 Å². The van der Waals surface area contributed by atoms with E-state index in [1.54, 1.807) is 23.9 Å². The number of nitro benzene ring substituents is 1. The van der Waals surface area contributed by atoms with Crippen LogP contribution < -0.4 is 0 Å². The predicted octanol–water partition coefficient (Wildman–Crippen LogP) is 4.62. The fourth-order valence-electron chi connectivity index (χ4n) is 3.97. The van der Waals surface area contributed by atoms with Crippen LogP contribution in [-0.4, -0.2) is 44.0 Å². The molecule has 0 amide bonds. The number of nitro groups is 1. The third-order valence-corrected chi connectivity index (χ3v) is 6.52.